The number of nitro groups is 1. The van der Waals surface area contributed by atoms with Crippen LogP contribution >= 0.6 is 11.6 Å². The van der Waals surface area contributed by atoms with Crippen molar-refractivity contribution in [1.29, 1.82) is 0 Å². The molecule has 0 bridgehead atoms. The second kappa shape index (κ2) is 6.50. The molecule has 0 spiro atoms. The summed E-state index contributed by atoms with van der Waals surface area (Å²) in [5.41, 5.74) is 1.86. The second-order valence-corrected chi connectivity index (χ2v) is 4.98. The molecule has 1 atom stereocenters. The van der Waals surface area contributed by atoms with E-state index in [4.69, 9.17) is 11.6 Å². The highest BCUT2D eigenvalue weighted by Gasteiger charge is 2.13. The van der Waals surface area contributed by atoms with Crippen LogP contribution < -0.4 is 5.32 Å². The van der Waals surface area contributed by atoms with Crippen molar-refractivity contribution >= 4 is 17.3 Å². The smallest absolute Gasteiger partial charge is 0.273 e. The first-order valence-corrected chi connectivity index (χ1v) is 6.67. The summed E-state index contributed by atoms with van der Waals surface area (Å²) in [5.74, 6) is 0. The molecule has 0 aliphatic rings. The minimum absolute atomic E-state index is 0.0634. The number of para-hydroxylation sites is 1. The largest absolute Gasteiger partial charge is 0.306 e. The molecule has 0 fully saturated rings. The van der Waals surface area contributed by atoms with Gasteiger partial charge in [0, 0.05) is 29.2 Å². The van der Waals surface area contributed by atoms with E-state index in [1.807, 2.05) is 31.2 Å². The Morgan fingerprint density at radius 1 is 1.25 bits per heavy atom. The van der Waals surface area contributed by atoms with Gasteiger partial charge in [-0.05, 0) is 24.6 Å². The van der Waals surface area contributed by atoms with Gasteiger partial charge in [-0.1, -0.05) is 41.9 Å². The predicted molar refractivity (Wildman–Crippen MR) is 79.8 cm³/mol. The molecule has 2 rings (SSSR count). The maximum absolute atomic E-state index is 10.9. The van der Waals surface area contributed by atoms with Crippen molar-refractivity contribution in [2.45, 2.75) is 19.5 Å². The standard InChI is InChI=1S/C15H15ClN2O2/c1-11(12-6-4-7-14(16)9-12)17-10-13-5-2-3-8-15(13)18(19)20/h2-9,11,17H,10H2,1H3. The van der Waals surface area contributed by atoms with Crippen molar-refractivity contribution in [2.24, 2.45) is 0 Å². The number of rotatable bonds is 5. The summed E-state index contributed by atoms with van der Waals surface area (Å²) < 4.78 is 0. The zero-order valence-electron chi connectivity index (χ0n) is 11.0. The van der Waals surface area contributed by atoms with E-state index in [0.29, 0.717) is 17.1 Å². The summed E-state index contributed by atoms with van der Waals surface area (Å²) >= 11 is 5.96. The third-order valence-electron chi connectivity index (χ3n) is 3.14. The van der Waals surface area contributed by atoms with Gasteiger partial charge in [-0.15, -0.1) is 0 Å². The van der Waals surface area contributed by atoms with Gasteiger partial charge in [-0.2, -0.15) is 0 Å². The Balaban J connectivity index is 2.07. The fraction of sp³-hybridized carbons (Fsp3) is 0.200. The molecular weight excluding hydrogens is 276 g/mol. The van der Waals surface area contributed by atoms with Crippen LogP contribution in [0.4, 0.5) is 5.69 Å². The third kappa shape index (κ3) is 3.56. The van der Waals surface area contributed by atoms with Crippen molar-refractivity contribution in [1.82, 2.24) is 5.32 Å². The van der Waals surface area contributed by atoms with Gasteiger partial charge in [0.05, 0.1) is 4.92 Å². The van der Waals surface area contributed by atoms with Crippen LogP contribution in [0.5, 0.6) is 0 Å². The van der Waals surface area contributed by atoms with Gasteiger partial charge in [0.2, 0.25) is 0 Å². The Hall–Kier alpha value is -1.91. The minimum Gasteiger partial charge on any atom is -0.306 e. The molecule has 0 aliphatic heterocycles. The van der Waals surface area contributed by atoms with E-state index in [9.17, 15) is 10.1 Å². The zero-order valence-corrected chi connectivity index (χ0v) is 11.8. The Kier molecular flexibility index (Phi) is 4.71. The fourth-order valence-corrected chi connectivity index (χ4v) is 2.19. The first kappa shape index (κ1) is 14.5. The van der Waals surface area contributed by atoms with E-state index < -0.39 is 0 Å². The van der Waals surface area contributed by atoms with Crippen LogP contribution in [0.2, 0.25) is 5.02 Å². The summed E-state index contributed by atoms with van der Waals surface area (Å²) in [6.07, 6.45) is 0. The highest BCUT2D eigenvalue weighted by molar-refractivity contribution is 6.30. The van der Waals surface area contributed by atoms with E-state index in [1.54, 1.807) is 18.2 Å². The van der Waals surface area contributed by atoms with Crippen LogP contribution in [0.15, 0.2) is 48.5 Å². The number of nitrogens with zero attached hydrogens (tertiary/aromatic N) is 1. The summed E-state index contributed by atoms with van der Waals surface area (Å²) in [4.78, 5) is 10.6. The first-order chi connectivity index (χ1) is 9.58. The Labute approximate surface area is 122 Å². The minimum atomic E-state index is -0.360. The first-order valence-electron chi connectivity index (χ1n) is 6.29. The highest BCUT2D eigenvalue weighted by atomic mass is 35.5. The lowest BCUT2D eigenvalue weighted by Crippen LogP contribution is -2.18. The van der Waals surface area contributed by atoms with E-state index in [2.05, 4.69) is 5.32 Å². The number of benzene rings is 2. The number of hydrogen-bond acceptors (Lipinski definition) is 3. The van der Waals surface area contributed by atoms with E-state index in [-0.39, 0.29) is 16.7 Å². The SMILES string of the molecule is CC(NCc1ccccc1[N+](=O)[O-])c1cccc(Cl)c1. The van der Waals surface area contributed by atoms with E-state index in [1.165, 1.54) is 6.07 Å². The van der Waals surface area contributed by atoms with Crippen LogP contribution in [0.1, 0.15) is 24.1 Å². The molecule has 1 unspecified atom stereocenters. The Morgan fingerprint density at radius 2 is 2.00 bits per heavy atom. The molecule has 20 heavy (non-hydrogen) atoms. The molecule has 104 valence electrons. The van der Waals surface area contributed by atoms with Gasteiger partial charge in [-0.3, -0.25) is 10.1 Å². The monoisotopic (exact) mass is 290 g/mol. The Morgan fingerprint density at radius 3 is 2.70 bits per heavy atom. The van der Waals surface area contributed by atoms with Crippen molar-refractivity contribution in [3.05, 3.63) is 74.8 Å². The lowest BCUT2D eigenvalue weighted by atomic mass is 10.1. The molecule has 2 aromatic rings. The molecule has 1 N–H and O–H groups in total. The number of nitrogens with one attached hydrogen (secondary N) is 1. The van der Waals surface area contributed by atoms with Crippen LogP contribution in [-0.4, -0.2) is 4.92 Å². The molecule has 0 radical (unpaired) electrons. The Bertz CT molecular complexity index is 616. The molecule has 0 aliphatic carbocycles. The van der Waals surface area contributed by atoms with Crippen molar-refractivity contribution in [3.8, 4) is 0 Å². The van der Waals surface area contributed by atoms with E-state index in [0.717, 1.165) is 5.56 Å². The molecule has 0 saturated carbocycles. The predicted octanol–water partition coefficient (Wildman–Crippen LogP) is 4.10. The van der Waals surface area contributed by atoms with Crippen LogP contribution in [0.3, 0.4) is 0 Å². The molecule has 0 amide bonds. The molecule has 4 nitrogen and oxygen atoms in total. The van der Waals surface area contributed by atoms with Gasteiger partial charge in [0.1, 0.15) is 0 Å². The summed E-state index contributed by atoms with van der Waals surface area (Å²) in [7, 11) is 0. The lowest BCUT2D eigenvalue weighted by molar-refractivity contribution is -0.385. The summed E-state index contributed by atoms with van der Waals surface area (Å²) in [6.45, 7) is 2.44. The van der Waals surface area contributed by atoms with Crippen LogP contribution in [0, 0.1) is 10.1 Å². The van der Waals surface area contributed by atoms with Crippen LogP contribution in [-0.2, 0) is 6.54 Å². The molecule has 2 aromatic carbocycles. The number of hydrogen-bond donors (Lipinski definition) is 1. The summed E-state index contributed by atoms with van der Waals surface area (Å²) in [5, 5.41) is 14.9. The van der Waals surface area contributed by atoms with Gasteiger partial charge >= 0.3 is 0 Å². The lowest BCUT2D eigenvalue weighted by Gasteiger charge is -2.14. The van der Waals surface area contributed by atoms with Gasteiger partial charge in [0.25, 0.3) is 5.69 Å². The van der Waals surface area contributed by atoms with Crippen LogP contribution in [0.25, 0.3) is 0 Å². The average Bonchev–Trinajstić information content (AvgIpc) is 2.45. The quantitative estimate of drug-likeness (QED) is 0.666. The highest BCUT2D eigenvalue weighted by Crippen LogP contribution is 2.20. The normalized spacial score (nSPS) is 12.1. The average molecular weight is 291 g/mol. The number of nitro benzene ring substituents is 1. The zero-order chi connectivity index (χ0) is 14.5. The number of halogens is 1. The third-order valence-corrected chi connectivity index (χ3v) is 3.37. The van der Waals surface area contributed by atoms with Gasteiger partial charge < -0.3 is 5.32 Å². The maximum atomic E-state index is 10.9. The van der Waals surface area contributed by atoms with Crippen molar-refractivity contribution < 1.29 is 4.92 Å². The molecule has 0 heterocycles. The van der Waals surface area contributed by atoms with E-state index >= 15 is 0 Å². The van der Waals surface area contributed by atoms with Gasteiger partial charge in [-0.25, -0.2) is 0 Å². The topological polar surface area (TPSA) is 55.2 Å². The second-order valence-electron chi connectivity index (χ2n) is 4.54. The molecule has 5 heteroatoms. The van der Waals surface area contributed by atoms with Crippen molar-refractivity contribution in [3.63, 3.8) is 0 Å². The molecular formula is C15H15ClN2O2. The van der Waals surface area contributed by atoms with Gasteiger partial charge in [0.15, 0.2) is 0 Å². The van der Waals surface area contributed by atoms with Crippen molar-refractivity contribution in [2.75, 3.05) is 0 Å². The molecule has 0 aromatic heterocycles. The fourth-order valence-electron chi connectivity index (χ4n) is 2.00. The summed E-state index contributed by atoms with van der Waals surface area (Å²) in [6, 6.07) is 14.4. The molecule has 0 saturated heterocycles. The maximum Gasteiger partial charge on any atom is 0.273 e.